The summed E-state index contributed by atoms with van der Waals surface area (Å²) in [6.07, 6.45) is 6.53. The SMILES string of the molecule is O=c1cc(C2CCCCN2Cc2ccc(F)cc2)nc(-c2ccncc2)[nH]1. The van der Waals surface area contributed by atoms with Gasteiger partial charge in [-0.05, 0) is 49.2 Å². The van der Waals surface area contributed by atoms with Gasteiger partial charge in [0.2, 0.25) is 0 Å². The minimum absolute atomic E-state index is 0.0756. The highest BCUT2D eigenvalue weighted by atomic mass is 19.1. The van der Waals surface area contributed by atoms with Crippen LogP contribution < -0.4 is 5.56 Å². The second-order valence-corrected chi connectivity index (χ2v) is 6.86. The van der Waals surface area contributed by atoms with Crippen LogP contribution in [0.4, 0.5) is 4.39 Å². The van der Waals surface area contributed by atoms with E-state index in [1.165, 1.54) is 12.1 Å². The predicted octanol–water partition coefficient (Wildman–Crippen LogP) is 3.70. The first-order chi connectivity index (χ1) is 13.2. The number of hydrogen-bond donors (Lipinski definition) is 1. The van der Waals surface area contributed by atoms with E-state index < -0.39 is 0 Å². The summed E-state index contributed by atoms with van der Waals surface area (Å²) < 4.78 is 13.2. The molecule has 4 rings (SSSR count). The molecule has 1 fully saturated rings. The molecule has 1 aromatic carbocycles. The summed E-state index contributed by atoms with van der Waals surface area (Å²) >= 11 is 0. The molecule has 1 aliphatic heterocycles. The number of H-pyrrole nitrogens is 1. The van der Waals surface area contributed by atoms with Crippen LogP contribution in [0.2, 0.25) is 0 Å². The Bertz CT molecular complexity index is 956. The Labute approximate surface area is 156 Å². The third-order valence-electron chi connectivity index (χ3n) is 4.97. The first-order valence-electron chi connectivity index (χ1n) is 9.19. The summed E-state index contributed by atoms with van der Waals surface area (Å²) in [5, 5.41) is 0. The Balaban J connectivity index is 1.64. The Morgan fingerprint density at radius 3 is 2.67 bits per heavy atom. The zero-order valence-electron chi connectivity index (χ0n) is 14.9. The lowest BCUT2D eigenvalue weighted by Gasteiger charge is -2.35. The summed E-state index contributed by atoms with van der Waals surface area (Å²) in [6, 6.07) is 11.9. The van der Waals surface area contributed by atoms with Crippen molar-refractivity contribution in [3.63, 3.8) is 0 Å². The molecule has 1 unspecified atom stereocenters. The van der Waals surface area contributed by atoms with E-state index >= 15 is 0 Å². The molecule has 0 bridgehead atoms. The van der Waals surface area contributed by atoms with Gasteiger partial charge in [-0.25, -0.2) is 9.37 Å². The van der Waals surface area contributed by atoms with Crippen LogP contribution in [0.25, 0.3) is 11.4 Å². The van der Waals surface area contributed by atoms with Crippen molar-refractivity contribution < 1.29 is 4.39 Å². The van der Waals surface area contributed by atoms with Crippen molar-refractivity contribution in [2.45, 2.75) is 31.8 Å². The summed E-state index contributed by atoms with van der Waals surface area (Å²) in [5.41, 5.74) is 2.53. The monoisotopic (exact) mass is 364 g/mol. The van der Waals surface area contributed by atoms with Crippen LogP contribution in [-0.4, -0.2) is 26.4 Å². The lowest BCUT2D eigenvalue weighted by molar-refractivity contribution is 0.137. The van der Waals surface area contributed by atoms with Crippen molar-refractivity contribution >= 4 is 0 Å². The second kappa shape index (κ2) is 7.80. The van der Waals surface area contributed by atoms with Crippen molar-refractivity contribution in [1.29, 1.82) is 0 Å². The third kappa shape index (κ3) is 4.11. The second-order valence-electron chi connectivity index (χ2n) is 6.86. The summed E-state index contributed by atoms with van der Waals surface area (Å²) in [6.45, 7) is 1.64. The minimum Gasteiger partial charge on any atom is -0.307 e. The fraction of sp³-hybridized carbons (Fsp3) is 0.286. The topological polar surface area (TPSA) is 61.9 Å². The summed E-state index contributed by atoms with van der Waals surface area (Å²) in [5.74, 6) is 0.333. The Morgan fingerprint density at radius 2 is 1.89 bits per heavy atom. The Morgan fingerprint density at radius 1 is 1.11 bits per heavy atom. The zero-order valence-corrected chi connectivity index (χ0v) is 14.9. The van der Waals surface area contributed by atoms with Crippen LogP contribution in [0, 0.1) is 5.82 Å². The molecular formula is C21H21FN4O. The van der Waals surface area contributed by atoms with E-state index in [0.29, 0.717) is 12.4 Å². The van der Waals surface area contributed by atoms with E-state index in [-0.39, 0.29) is 17.4 Å². The smallest absolute Gasteiger partial charge is 0.251 e. The molecule has 3 heterocycles. The molecule has 1 N–H and O–H groups in total. The molecule has 3 aromatic rings. The quantitative estimate of drug-likeness (QED) is 0.767. The molecule has 0 amide bonds. The standard InChI is InChI=1S/C21H21FN4O/c22-17-6-4-15(5-7-17)14-26-12-2-1-3-19(26)18-13-20(27)25-21(24-18)16-8-10-23-11-9-16/h4-11,13,19H,1-3,12,14H2,(H,24,25,27). The molecule has 0 saturated carbocycles. The minimum atomic E-state index is -0.229. The molecule has 6 heteroatoms. The van der Waals surface area contributed by atoms with Crippen molar-refractivity contribution in [2.24, 2.45) is 0 Å². The van der Waals surface area contributed by atoms with Crippen molar-refractivity contribution in [3.8, 4) is 11.4 Å². The lowest BCUT2D eigenvalue weighted by Crippen LogP contribution is -2.34. The number of likely N-dealkylation sites (tertiary alicyclic amines) is 1. The first-order valence-corrected chi connectivity index (χ1v) is 9.19. The number of pyridine rings is 1. The molecule has 1 saturated heterocycles. The van der Waals surface area contributed by atoms with Crippen LogP contribution in [0.1, 0.15) is 36.6 Å². The number of halogens is 1. The van der Waals surface area contributed by atoms with Crippen molar-refractivity contribution in [3.05, 3.63) is 82.3 Å². The van der Waals surface area contributed by atoms with Crippen LogP contribution in [0.15, 0.2) is 59.7 Å². The average Bonchev–Trinajstić information content (AvgIpc) is 2.70. The summed E-state index contributed by atoms with van der Waals surface area (Å²) in [7, 11) is 0. The fourth-order valence-electron chi connectivity index (χ4n) is 3.63. The van der Waals surface area contributed by atoms with Gasteiger partial charge < -0.3 is 4.98 Å². The number of rotatable bonds is 4. The van der Waals surface area contributed by atoms with Gasteiger partial charge in [0.1, 0.15) is 11.6 Å². The van der Waals surface area contributed by atoms with Crippen molar-refractivity contribution in [1.82, 2.24) is 19.9 Å². The molecule has 2 aromatic heterocycles. The summed E-state index contributed by atoms with van der Waals surface area (Å²) in [4.78, 5) is 26.2. The van der Waals surface area contributed by atoms with E-state index in [1.807, 2.05) is 24.3 Å². The maximum Gasteiger partial charge on any atom is 0.251 e. The molecule has 138 valence electrons. The van der Waals surface area contributed by atoms with Crippen LogP contribution in [0.5, 0.6) is 0 Å². The van der Waals surface area contributed by atoms with Gasteiger partial charge in [0.25, 0.3) is 5.56 Å². The van der Waals surface area contributed by atoms with Crippen LogP contribution >= 0.6 is 0 Å². The average molecular weight is 364 g/mol. The van der Waals surface area contributed by atoms with Gasteiger partial charge in [0, 0.05) is 30.6 Å². The molecule has 1 atom stereocenters. The van der Waals surface area contributed by atoms with E-state index in [2.05, 4.69) is 14.9 Å². The maximum absolute atomic E-state index is 13.2. The molecule has 5 nitrogen and oxygen atoms in total. The van der Waals surface area contributed by atoms with E-state index in [9.17, 15) is 9.18 Å². The van der Waals surface area contributed by atoms with Gasteiger partial charge in [-0.15, -0.1) is 0 Å². The molecular weight excluding hydrogens is 343 g/mol. The highest BCUT2D eigenvalue weighted by molar-refractivity contribution is 5.53. The first kappa shape index (κ1) is 17.5. The number of piperidine rings is 1. The normalized spacial score (nSPS) is 17.7. The predicted molar refractivity (Wildman–Crippen MR) is 101 cm³/mol. The number of benzene rings is 1. The third-order valence-corrected chi connectivity index (χ3v) is 4.97. The van der Waals surface area contributed by atoms with Crippen LogP contribution in [-0.2, 0) is 6.54 Å². The lowest BCUT2D eigenvalue weighted by atomic mass is 9.98. The number of nitrogens with zero attached hydrogens (tertiary/aromatic N) is 3. The number of nitrogens with one attached hydrogen (secondary N) is 1. The van der Waals surface area contributed by atoms with Crippen molar-refractivity contribution in [2.75, 3.05) is 6.54 Å². The molecule has 0 radical (unpaired) electrons. The van der Waals surface area contributed by atoms with E-state index in [4.69, 9.17) is 4.98 Å². The van der Waals surface area contributed by atoms with Gasteiger partial charge in [-0.2, -0.15) is 0 Å². The Hall–Kier alpha value is -2.86. The molecule has 0 spiro atoms. The highest BCUT2D eigenvalue weighted by Crippen LogP contribution is 2.31. The number of aromatic nitrogens is 3. The van der Waals surface area contributed by atoms with Gasteiger partial charge in [-0.3, -0.25) is 14.7 Å². The molecule has 27 heavy (non-hydrogen) atoms. The van der Waals surface area contributed by atoms with Gasteiger partial charge in [-0.1, -0.05) is 18.6 Å². The Kier molecular flexibility index (Phi) is 5.07. The van der Waals surface area contributed by atoms with Gasteiger partial charge in [0.15, 0.2) is 0 Å². The molecule has 1 aliphatic rings. The van der Waals surface area contributed by atoms with Gasteiger partial charge in [0.05, 0.1) is 11.7 Å². The number of hydrogen-bond acceptors (Lipinski definition) is 4. The van der Waals surface area contributed by atoms with Crippen LogP contribution in [0.3, 0.4) is 0 Å². The highest BCUT2D eigenvalue weighted by Gasteiger charge is 2.26. The molecule has 0 aliphatic carbocycles. The zero-order chi connectivity index (χ0) is 18.6. The maximum atomic E-state index is 13.2. The number of aromatic amines is 1. The van der Waals surface area contributed by atoms with Gasteiger partial charge >= 0.3 is 0 Å². The van der Waals surface area contributed by atoms with E-state index in [0.717, 1.165) is 42.6 Å². The van der Waals surface area contributed by atoms with E-state index in [1.54, 1.807) is 18.5 Å². The largest absolute Gasteiger partial charge is 0.307 e. The fourth-order valence-corrected chi connectivity index (χ4v) is 3.63.